The Morgan fingerprint density at radius 3 is 2.58 bits per heavy atom. The van der Waals surface area contributed by atoms with E-state index in [9.17, 15) is 0 Å². The molecule has 0 saturated heterocycles. The van der Waals surface area contributed by atoms with E-state index in [2.05, 4.69) is 34.2 Å². The number of ether oxygens (including phenoxy) is 1. The van der Waals surface area contributed by atoms with Crippen molar-refractivity contribution < 1.29 is 4.74 Å². The van der Waals surface area contributed by atoms with Crippen LogP contribution in [0, 0.1) is 13.8 Å². The minimum absolute atomic E-state index is 0.569. The molecule has 0 amide bonds. The summed E-state index contributed by atoms with van der Waals surface area (Å²) in [5.41, 5.74) is 4.21. The molecule has 0 aliphatic carbocycles. The Bertz CT molecular complexity index is 1030. The second-order valence-corrected chi connectivity index (χ2v) is 7.60. The summed E-state index contributed by atoms with van der Waals surface area (Å²) in [6, 6.07) is 16.4. The highest BCUT2D eigenvalue weighted by Gasteiger charge is 2.13. The van der Waals surface area contributed by atoms with Crippen molar-refractivity contribution in [2.45, 2.75) is 20.4 Å². The van der Waals surface area contributed by atoms with Gasteiger partial charge in [0.1, 0.15) is 12.4 Å². The average molecular weight is 383 g/mol. The van der Waals surface area contributed by atoms with Crippen molar-refractivity contribution in [2.24, 2.45) is 0 Å². The first kappa shape index (κ1) is 17.1. The van der Waals surface area contributed by atoms with Gasteiger partial charge in [0, 0.05) is 5.02 Å². The maximum atomic E-state index is 6.24. The van der Waals surface area contributed by atoms with Crippen molar-refractivity contribution in [3.63, 3.8) is 0 Å². The molecule has 3 nitrogen and oxygen atoms in total. The summed E-state index contributed by atoms with van der Waals surface area (Å²) in [5.74, 6) is 1.85. The fourth-order valence-electron chi connectivity index (χ4n) is 3.14. The minimum Gasteiger partial charge on any atom is -0.492 e. The number of benzene rings is 2. The summed E-state index contributed by atoms with van der Waals surface area (Å²) < 4.78 is 8.25. The highest BCUT2D eigenvalue weighted by Crippen LogP contribution is 2.29. The number of thiophene rings is 1. The third-order valence-electron chi connectivity index (χ3n) is 4.39. The van der Waals surface area contributed by atoms with Gasteiger partial charge < -0.3 is 9.30 Å². The number of imidazole rings is 1. The molecule has 0 bridgehead atoms. The molecule has 0 unspecified atom stereocenters. The molecule has 0 saturated carbocycles. The molecule has 0 spiro atoms. The second kappa shape index (κ2) is 7.14. The summed E-state index contributed by atoms with van der Waals surface area (Å²) in [6.07, 6.45) is 0. The maximum absolute atomic E-state index is 6.24. The highest BCUT2D eigenvalue weighted by molar-refractivity contribution is 7.13. The molecule has 0 radical (unpaired) electrons. The molecule has 2 aromatic carbocycles. The minimum atomic E-state index is 0.569. The Hall–Kier alpha value is -2.30. The van der Waals surface area contributed by atoms with Gasteiger partial charge in [-0.2, -0.15) is 0 Å². The fourth-order valence-corrected chi connectivity index (χ4v) is 3.97. The summed E-state index contributed by atoms with van der Waals surface area (Å²) in [7, 11) is 0. The van der Waals surface area contributed by atoms with E-state index in [1.807, 2.05) is 38.1 Å². The number of hydrogen-bond acceptors (Lipinski definition) is 3. The lowest BCUT2D eigenvalue weighted by Gasteiger charge is -2.12. The van der Waals surface area contributed by atoms with E-state index in [-0.39, 0.29) is 0 Å². The van der Waals surface area contributed by atoms with E-state index in [1.165, 1.54) is 4.88 Å². The lowest BCUT2D eigenvalue weighted by molar-refractivity contribution is 0.300. The molecule has 132 valence electrons. The molecule has 2 heterocycles. The molecule has 0 N–H and O–H groups in total. The lowest BCUT2D eigenvalue weighted by atomic mass is 10.1. The Morgan fingerprint density at radius 2 is 1.85 bits per heavy atom. The Labute approximate surface area is 161 Å². The quantitative estimate of drug-likeness (QED) is 0.416. The Morgan fingerprint density at radius 1 is 1.08 bits per heavy atom. The first-order valence-corrected chi connectivity index (χ1v) is 9.78. The summed E-state index contributed by atoms with van der Waals surface area (Å²) in [5, 5.41) is 2.88. The van der Waals surface area contributed by atoms with Gasteiger partial charge in [0.2, 0.25) is 0 Å². The van der Waals surface area contributed by atoms with E-state index in [0.717, 1.165) is 45.3 Å². The van der Waals surface area contributed by atoms with Gasteiger partial charge >= 0.3 is 0 Å². The van der Waals surface area contributed by atoms with Gasteiger partial charge in [-0.3, -0.25) is 0 Å². The smallest absolute Gasteiger partial charge is 0.151 e. The van der Waals surface area contributed by atoms with Gasteiger partial charge in [0.25, 0.3) is 0 Å². The van der Waals surface area contributed by atoms with Gasteiger partial charge in [-0.05, 0) is 60.7 Å². The van der Waals surface area contributed by atoms with Crippen LogP contribution in [0.4, 0.5) is 0 Å². The molecular formula is C21H19ClN2OS. The van der Waals surface area contributed by atoms with Crippen molar-refractivity contribution in [3.8, 4) is 16.5 Å². The van der Waals surface area contributed by atoms with Crippen LogP contribution in [0.15, 0.2) is 53.9 Å². The van der Waals surface area contributed by atoms with Crippen LogP contribution >= 0.6 is 22.9 Å². The van der Waals surface area contributed by atoms with E-state index >= 15 is 0 Å². The number of aryl methyl sites for hydroxylation is 2. The largest absolute Gasteiger partial charge is 0.492 e. The molecule has 0 fully saturated rings. The molecule has 2 aromatic heterocycles. The molecule has 0 aliphatic rings. The van der Waals surface area contributed by atoms with Crippen molar-refractivity contribution in [1.29, 1.82) is 0 Å². The third kappa shape index (κ3) is 3.22. The summed E-state index contributed by atoms with van der Waals surface area (Å²) >= 11 is 7.94. The van der Waals surface area contributed by atoms with Crippen LogP contribution in [0.1, 0.15) is 11.1 Å². The summed E-state index contributed by atoms with van der Waals surface area (Å²) in [6.45, 7) is 5.30. The van der Waals surface area contributed by atoms with E-state index in [4.69, 9.17) is 21.3 Å². The van der Waals surface area contributed by atoms with Crippen LogP contribution in [0.2, 0.25) is 5.02 Å². The first-order valence-electron chi connectivity index (χ1n) is 8.52. The molecular weight excluding hydrogens is 364 g/mol. The molecule has 5 heteroatoms. The third-order valence-corrected chi connectivity index (χ3v) is 5.85. The zero-order valence-corrected chi connectivity index (χ0v) is 16.3. The normalized spacial score (nSPS) is 11.2. The zero-order valence-electron chi connectivity index (χ0n) is 14.7. The molecule has 0 atom stereocenters. The predicted octanol–water partition coefficient (Wildman–Crippen LogP) is 6.11. The lowest BCUT2D eigenvalue weighted by Crippen LogP contribution is -2.09. The van der Waals surface area contributed by atoms with Crippen LogP contribution < -0.4 is 4.74 Å². The Balaban J connectivity index is 1.60. The molecule has 4 rings (SSSR count). The fraction of sp³-hybridized carbons (Fsp3) is 0.190. The standard InChI is InChI=1S/C21H19ClN2OS/c1-14-12-16(13-15(2)20(14)22)25-10-9-24-18-7-4-3-6-17(18)23-21(24)19-8-5-11-26-19/h3-8,11-13H,9-10H2,1-2H3. The number of para-hydroxylation sites is 2. The zero-order chi connectivity index (χ0) is 18.1. The average Bonchev–Trinajstić information content (AvgIpc) is 3.27. The molecule has 26 heavy (non-hydrogen) atoms. The topological polar surface area (TPSA) is 27.1 Å². The van der Waals surface area contributed by atoms with Crippen LogP contribution in [-0.2, 0) is 6.54 Å². The van der Waals surface area contributed by atoms with E-state index < -0.39 is 0 Å². The number of halogens is 1. The molecule has 0 aliphatic heterocycles. The number of rotatable bonds is 5. The van der Waals surface area contributed by atoms with Gasteiger partial charge in [-0.25, -0.2) is 4.98 Å². The van der Waals surface area contributed by atoms with Gasteiger partial charge in [-0.15, -0.1) is 11.3 Å². The van der Waals surface area contributed by atoms with Crippen LogP contribution in [0.3, 0.4) is 0 Å². The predicted molar refractivity (Wildman–Crippen MR) is 109 cm³/mol. The second-order valence-electron chi connectivity index (χ2n) is 6.27. The van der Waals surface area contributed by atoms with E-state index in [1.54, 1.807) is 11.3 Å². The monoisotopic (exact) mass is 382 g/mol. The maximum Gasteiger partial charge on any atom is 0.151 e. The van der Waals surface area contributed by atoms with Crippen molar-refractivity contribution >= 4 is 34.0 Å². The van der Waals surface area contributed by atoms with Gasteiger partial charge in [0.15, 0.2) is 5.82 Å². The van der Waals surface area contributed by atoms with Crippen LogP contribution in [-0.4, -0.2) is 16.2 Å². The van der Waals surface area contributed by atoms with Crippen LogP contribution in [0.5, 0.6) is 5.75 Å². The summed E-state index contributed by atoms with van der Waals surface area (Å²) in [4.78, 5) is 5.99. The number of nitrogens with zero attached hydrogens (tertiary/aromatic N) is 2. The van der Waals surface area contributed by atoms with Gasteiger partial charge in [0.05, 0.1) is 22.5 Å². The van der Waals surface area contributed by atoms with Gasteiger partial charge in [-0.1, -0.05) is 29.8 Å². The first-order chi connectivity index (χ1) is 12.6. The number of fused-ring (bicyclic) bond motifs is 1. The van der Waals surface area contributed by atoms with E-state index in [0.29, 0.717) is 6.61 Å². The highest BCUT2D eigenvalue weighted by atomic mass is 35.5. The number of hydrogen-bond donors (Lipinski definition) is 0. The van der Waals surface area contributed by atoms with Crippen molar-refractivity contribution in [2.75, 3.05) is 6.61 Å². The SMILES string of the molecule is Cc1cc(OCCn2c(-c3cccs3)nc3ccccc32)cc(C)c1Cl. The van der Waals surface area contributed by atoms with Crippen molar-refractivity contribution in [3.05, 3.63) is 70.1 Å². The number of aromatic nitrogens is 2. The molecule has 4 aromatic rings. The van der Waals surface area contributed by atoms with Crippen molar-refractivity contribution in [1.82, 2.24) is 9.55 Å². The Kier molecular flexibility index (Phi) is 4.70. The van der Waals surface area contributed by atoms with Crippen LogP contribution in [0.25, 0.3) is 21.7 Å².